The van der Waals surface area contributed by atoms with E-state index < -0.39 is 114 Å². The normalized spacial score (nSPS) is 28.5. The van der Waals surface area contributed by atoms with Crippen LogP contribution in [0.3, 0.4) is 0 Å². The number of allylic oxidation sites excluding steroid dienone is 7. The second kappa shape index (κ2) is 29.9. The highest BCUT2D eigenvalue weighted by Crippen LogP contribution is 2.38. The molecule has 1 aliphatic carbocycles. The molecule has 2 saturated heterocycles. The number of hydrogen-bond acceptors (Lipinski definition) is 15. The van der Waals surface area contributed by atoms with Crippen LogP contribution in [0.4, 0.5) is 0 Å². The molecule has 0 bridgehead atoms. The molecule has 0 aromatic carbocycles. The Morgan fingerprint density at radius 3 is 2.14 bits per heavy atom. The number of aliphatic hydroxyl groups is 6. The zero-order chi connectivity index (χ0) is 54.8. The van der Waals surface area contributed by atoms with Crippen molar-refractivity contribution in [3.8, 4) is 0 Å². The van der Waals surface area contributed by atoms with Crippen molar-refractivity contribution >= 4 is 36.0 Å². The Morgan fingerprint density at radius 2 is 1.52 bits per heavy atom. The average molecular weight is 1030 g/mol. The number of carboxylic acid groups (broad SMARTS) is 1. The fourth-order valence-corrected chi connectivity index (χ4v) is 10.2. The van der Waals surface area contributed by atoms with Crippen LogP contribution in [-0.4, -0.2) is 152 Å². The fraction of sp³-hybridized carbons (Fsp3) is 0.714. The molecule has 17 nitrogen and oxygen atoms in total. The molecule has 3 fully saturated rings. The Kier molecular flexibility index (Phi) is 25.9. The first-order chi connectivity index (χ1) is 34.4. The zero-order valence-electron chi connectivity index (χ0n) is 44.6. The predicted molar refractivity (Wildman–Crippen MR) is 273 cm³/mol. The van der Waals surface area contributed by atoms with Crippen molar-refractivity contribution in [3.63, 3.8) is 0 Å². The summed E-state index contributed by atoms with van der Waals surface area (Å²) < 4.78 is 17.4. The number of likely N-dealkylation sites (tertiary alicyclic amines) is 1. The quantitative estimate of drug-likeness (QED) is 0.0126. The Labute approximate surface area is 432 Å². The molecule has 16 atom stereocenters. The monoisotopic (exact) mass is 1030 g/mol. The number of nitrogens with zero attached hydrogens (tertiary/aromatic N) is 1. The van der Waals surface area contributed by atoms with Crippen LogP contribution in [0.2, 0.25) is 0 Å². The van der Waals surface area contributed by atoms with E-state index in [0.29, 0.717) is 68.3 Å². The summed E-state index contributed by atoms with van der Waals surface area (Å²) in [6.07, 6.45) is 16.2. The van der Waals surface area contributed by atoms with Crippen LogP contribution in [0, 0.1) is 52.8 Å². The van der Waals surface area contributed by atoms with Crippen LogP contribution in [0.15, 0.2) is 59.8 Å². The highest BCUT2D eigenvalue weighted by atomic mass is 16.6. The molecule has 412 valence electrons. The van der Waals surface area contributed by atoms with E-state index in [1.54, 1.807) is 85.1 Å². The second-order valence-electron chi connectivity index (χ2n) is 21.7. The van der Waals surface area contributed by atoms with Crippen molar-refractivity contribution in [2.24, 2.45) is 52.8 Å². The van der Waals surface area contributed by atoms with E-state index >= 15 is 0 Å². The number of aldehydes is 2. The fourth-order valence-electron chi connectivity index (χ4n) is 10.2. The molecule has 0 aromatic rings. The van der Waals surface area contributed by atoms with Crippen LogP contribution in [0.25, 0.3) is 0 Å². The van der Waals surface area contributed by atoms with Gasteiger partial charge in [-0.05, 0) is 108 Å². The van der Waals surface area contributed by atoms with Crippen molar-refractivity contribution in [2.75, 3.05) is 26.9 Å². The third-order valence-corrected chi connectivity index (χ3v) is 15.5. The lowest BCUT2D eigenvalue weighted by Gasteiger charge is -2.42. The average Bonchev–Trinajstić information content (AvgIpc) is 3.37. The van der Waals surface area contributed by atoms with Crippen molar-refractivity contribution in [1.29, 1.82) is 0 Å². The first-order valence-electron chi connectivity index (χ1n) is 26.2. The van der Waals surface area contributed by atoms with E-state index in [2.05, 4.69) is 6.92 Å². The standard InChI is InChI=1S/C56H87NO16/c1-34(15-11-10-12-16-36(3)42(30-58)29-43-21-19-40(7)56(70,73-43)51(65)52(66)57-24-14-13-17-45(57)53(67)68)25-38(5)49(63)44(31-59)50(64)39(6)27-37(4)46(62)22-18-35(2)26-41-20-23-47(48(28-41)71-9)72-54(69)55(8,32-60)33-61/h10-12,15-16,18,22,27,30-31,34-35,37-38,40-48,50,54,60-62,64,69-70H,13-14,17,19-21,23-26,28-29,32-33H2,1-9H3,(H,67,68)/b12-10+,15-11+,22-18+,36-16+,39-27+. The number of carbonyl (C=O) groups is 6. The van der Waals surface area contributed by atoms with E-state index in [9.17, 15) is 64.5 Å². The number of aliphatic hydroxyl groups excluding tert-OH is 5. The van der Waals surface area contributed by atoms with Gasteiger partial charge >= 0.3 is 5.97 Å². The van der Waals surface area contributed by atoms with Crippen LogP contribution in [-0.2, 0) is 43.0 Å². The lowest BCUT2D eigenvalue weighted by molar-refractivity contribution is -0.264. The Bertz CT molecular complexity index is 1970. The van der Waals surface area contributed by atoms with Crippen LogP contribution in [0.1, 0.15) is 126 Å². The van der Waals surface area contributed by atoms with Gasteiger partial charge in [-0.2, -0.15) is 0 Å². The lowest BCUT2D eigenvalue weighted by atomic mass is 9.80. The van der Waals surface area contributed by atoms with Gasteiger partial charge in [-0.3, -0.25) is 14.4 Å². The minimum absolute atomic E-state index is 0.0861. The number of carbonyl (C=O) groups excluding carboxylic acids is 5. The van der Waals surface area contributed by atoms with E-state index in [1.807, 2.05) is 19.1 Å². The number of ether oxygens (including phenoxy) is 3. The van der Waals surface area contributed by atoms with Gasteiger partial charge in [0.1, 0.15) is 30.3 Å². The molecular weight excluding hydrogens is 943 g/mol. The van der Waals surface area contributed by atoms with Crippen molar-refractivity contribution in [3.05, 3.63) is 59.8 Å². The van der Waals surface area contributed by atoms with Gasteiger partial charge in [-0.15, -0.1) is 0 Å². The molecule has 0 spiro atoms. The summed E-state index contributed by atoms with van der Waals surface area (Å²) >= 11 is 0. The maximum absolute atomic E-state index is 13.5. The molecule has 73 heavy (non-hydrogen) atoms. The van der Waals surface area contributed by atoms with Crippen LogP contribution < -0.4 is 0 Å². The summed E-state index contributed by atoms with van der Waals surface area (Å²) in [5, 5.41) is 73.1. The molecule has 1 amide bonds. The number of ketones is 2. The van der Waals surface area contributed by atoms with Gasteiger partial charge in [0.25, 0.3) is 11.7 Å². The first kappa shape index (κ1) is 63.3. The van der Waals surface area contributed by atoms with Gasteiger partial charge in [-0.1, -0.05) is 95.7 Å². The summed E-state index contributed by atoms with van der Waals surface area (Å²) in [4.78, 5) is 77.4. The third-order valence-electron chi connectivity index (χ3n) is 15.5. The van der Waals surface area contributed by atoms with Crippen LogP contribution >= 0.6 is 0 Å². The number of piperidine rings is 1. The molecule has 3 aliphatic rings. The van der Waals surface area contributed by atoms with E-state index in [0.717, 1.165) is 24.0 Å². The van der Waals surface area contributed by atoms with Crippen molar-refractivity contribution in [1.82, 2.24) is 4.90 Å². The minimum Gasteiger partial charge on any atom is -0.480 e. The molecule has 7 N–H and O–H groups in total. The van der Waals surface area contributed by atoms with Gasteiger partial charge in [-0.25, -0.2) is 4.79 Å². The van der Waals surface area contributed by atoms with Gasteiger partial charge in [0.2, 0.25) is 5.79 Å². The number of hydrogen-bond donors (Lipinski definition) is 7. The van der Waals surface area contributed by atoms with E-state index in [4.69, 9.17) is 14.2 Å². The molecule has 2 heterocycles. The summed E-state index contributed by atoms with van der Waals surface area (Å²) in [5.41, 5.74) is -0.110. The largest absolute Gasteiger partial charge is 0.480 e. The molecule has 2 aliphatic heterocycles. The Morgan fingerprint density at radius 1 is 0.836 bits per heavy atom. The van der Waals surface area contributed by atoms with Crippen LogP contribution in [0.5, 0.6) is 0 Å². The van der Waals surface area contributed by atoms with Gasteiger partial charge in [0.15, 0.2) is 6.29 Å². The second-order valence-corrected chi connectivity index (χ2v) is 21.7. The molecule has 16 unspecified atom stereocenters. The summed E-state index contributed by atoms with van der Waals surface area (Å²) in [6.45, 7) is 13.2. The zero-order valence-corrected chi connectivity index (χ0v) is 44.6. The predicted octanol–water partition coefficient (Wildman–Crippen LogP) is 5.23. The smallest absolute Gasteiger partial charge is 0.326 e. The minimum atomic E-state index is -2.46. The van der Waals surface area contributed by atoms with Gasteiger partial charge in [0, 0.05) is 37.3 Å². The molecule has 3 rings (SSSR count). The number of methoxy groups -OCH3 is 1. The lowest BCUT2D eigenvalue weighted by Crippen LogP contribution is -2.60. The molecule has 1 saturated carbocycles. The van der Waals surface area contributed by atoms with E-state index in [1.165, 1.54) is 0 Å². The molecule has 0 radical (unpaired) electrons. The topological polar surface area (TPSA) is 275 Å². The molecule has 0 aromatic heterocycles. The van der Waals surface area contributed by atoms with Gasteiger partial charge < -0.3 is 64.4 Å². The number of Topliss-reactive ketones (excluding diaryl/α,β-unsaturated/α-hetero) is 2. The van der Waals surface area contributed by atoms with E-state index in [-0.39, 0.29) is 37.3 Å². The maximum Gasteiger partial charge on any atom is 0.326 e. The summed E-state index contributed by atoms with van der Waals surface area (Å²) in [5.74, 6) is -9.69. The Balaban J connectivity index is 1.50. The highest BCUT2D eigenvalue weighted by molar-refractivity contribution is 6.39. The number of amides is 1. The Hall–Kier alpha value is -4.04. The third kappa shape index (κ3) is 17.8. The SMILES string of the molecule is COC1CC(CC(C)/C=C/C(O)C(C)/C=C(\C)C(O)C(C=O)C(=O)C(C)CC(C)/C=C/C=C/C=C(\C)C(C=O)CC2CCC(C)C(O)(C(=O)C(=O)N3CCCCC3C(=O)O)O2)CCC1OC(O)C(C)(CO)CO. The number of rotatable bonds is 29. The molecule has 17 heteroatoms. The summed E-state index contributed by atoms with van der Waals surface area (Å²) in [7, 11) is 1.59. The van der Waals surface area contributed by atoms with Gasteiger partial charge in [0.05, 0.1) is 49.1 Å². The maximum atomic E-state index is 13.5. The van der Waals surface area contributed by atoms with Crippen molar-refractivity contribution < 1.29 is 78.7 Å². The summed E-state index contributed by atoms with van der Waals surface area (Å²) in [6, 6.07) is -1.16. The first-order valence-corrected chi connectivity index (χ1v) is 26.2. The highest BCUT2D eigenvalue weighted by Gasteiger charge is 2.53. The number of carboxylic acids is 1. The molecular formula is C56H87NO16. The number of aliphatic carboxylic acids is 1. The van der Waals surface area contributed by atoms with Crippen molar-refractivity contribution in [2.45, 2.75) is 175 Å².